The van der Waals surface area contributed by atoms with E-state index < -0.39 is 11.7 Å². The van der Waals surface area contributed by atoms with Gasteiger partial charge in [0.05, 0.1) is 24.3 Å². The molecule has 26 heavy (non-hydrogen) atoms. The summed E-state index contributed by atoms with van der Waals surface area (Å²) in [5.41, 5.74) is -0.402. The molecule has 7 heteroatoms. The van der Waals surface area contributed by atoms with Gasteiger partial charge in [-0.2, -0.15) is 13.2 Å². The number of furan rings is 1. The first-order chi connectivity index (χ1) is 12.4. The van der Waals surface area contributed by atoms with Crippen LogP contribution < -0.4 is 5.32 Å². The molecule has 2 heterocycles. The van der Waals surface area contributed by atoms with Gasteiger partial charge in [0.25, 0.3) is 0 Å². The van der Waals surface area contributed by atoms with Crippen molar-refractivity contribution in [2.75, 3.05) is 19.6 Å². The van der Waals surface area contributed by atoms with Crippen LogP contribution in [0, 0.1) is 0 Å². The average Bonchev–Trinajstić information content (AvgIpc) is 3.28. The lowest BCUT2D eigenvalue weighted by Gasteiger charge is -2.26. The molecule has 1 saturated heterocycles. The lowest BCUT2D eigenvalue weighted by Crippen LogP contribution is -2.37. The van der Waals surface area contributed by atoms with Crippen LogP contribution >= 0.6 is 0 Å². The molecule has 1 aliphatic rings. The first-order valence-electron chi connectivity index (χ1n) is 8.64. The second kappa shape index (κ2) is 7.95. The van der Waals surface area contributed by atoms with Crippen LogP contribution in [0.2, 0.25) is 0 Å². The summed E-state index contributed by atoms with van der Waals surface area (Å²) in [5, 5.41) is 2.83. The lowest BCUT2D eigenvalue weighted by molar-refractivity contribution is -0.137. The second-order valence-corrected chi connectivity index (χ2v) is 6.45. The number of rotatable bonds is 6. The number of nitrogens with one attached hydrogen (secondary N) is 1. The summed E-state index contributed by atoms with van der Waals surface area (Å²) >= 11 is 0. The molecular weight excluding hydrogens is 345 g/mol. The zero-order valence-electron chi connectivity index (χ0n) is 14.3. The van der Waals surface area contributed by atoms with E-state index in [4.69, 9.17) is 4.42 Å². The molecule has 1 atom stereocenters. The number of alkyl halides is 3. The number of likely N-dealkylation sites (tertiary alicyclic amines) is 1. The molecule has 0 spiro atoms. The van der Waals surface area contributed by atoms with E-state index in [1.807, 2.05) is 12.1 Å². The Morgan fingerprint density at radius 1 is 1.19 bits per heavy atom. The minimum Gasteiger partial charge on any atom is -0.468 e. The molecule has 0 bridgehead atoms. The number of hydrogen-bond acceptors (Lipinski definition) is 3. The highest BCUT2D eigenvalue weighted by atomic mass is 19.4. The first kappa shape index (κ1) is 18.5. The predicted molar refractivity (Wildman–Crippen MR) is 90.4 cm³/mol. The van der Waals surface area contributed by atoms with Crippen molar-refractivity contribution in [2.45, 2.75) is 31.5 Å². The van der Waals surface area contributed by atoms with Crippen LogP contribution in [0.4, 0.5) is 13.2 Å². The van der Waals surface area contributed by atoms with Crippen LogP contribution in [0.1, 0.15) is 35.8 Å². The van der Waals surface area contributed by atoms with E-state index in [1.54, 1.807) is 6.26 Å². The minimum atomic E-state index is -4.41. The third-order valence-electron chi connectivity index (χ3n) is 4.56. The van der Waals surface area contributed by atoms with Crippen molar-refractivity contribution in [3.05, 3.63) is 59.5 Å². The Hall–Kier alpha value is -2.28. The van der Waals surface area contributed by atoms with Gasteiger partial charge in [-0.25, -0.2) is 0 Å². The normalized spacial score (nSPS) is 16.6. The number of amides is 1. The van der Waals surface area contributed by atoms with Gasteiger partial charge in [0.1, 0.15) is 5.76 Å². The maximum Gasteiger partial charge on any atom is 0.416 e. The van der Waals surface area contributed by atoms with Crippen LogP contribution in [0.3, 0.4) is 0 Å². The minimum absolute atomic E-state index is 0.0574. The van der Waals surface area contributed by atoms with Crippen LogP contribution in [0.15, 0.2) is 47.1 Å². The highest BCUT2D eigenvalue weighted by Gasteiger charge is 2.30. The van der Waals surface area contributed by atoms with Crippen LogP contribution in [0.5, 0.6) is 0 Å². The molecule has 1 fully saturated rings. The monoisotopic (exact) mass is 366 g/mol. The van der Waals surface area contributed by atoms with E-state index in [9.17, 15) is 18.0 Å². The summed E-state index contributed by atoms with van der Waals surface area (Å²) in [6, 6.07) is 8.50. The molecule has 1 aliphatic heterocycles. The van der Waals surface area contributed by atoms with E-state index in [-0.39, 0.29) is 18.4 Å². The van der Waals surface area contributed by atoms with Crippen molar-refractivity contribution in [1.29, 1.82) is 0 Å². The number of hydrogen-bond donors (Lipinski definition) is 1. The van der Waals surface area contributed by atoms with Crippen LogP contribution in [-0.2, 0) is 17.4 Å². The Balaban J connectivity index is 1.60. The largest absolute Gasteiger partial charge is 0.468 e. The van der Waals surface area contributed by atoms with E-state index in [0.29, 0.717) is 12.1 Å². The lowest BCUT2D eigenvalue weighted by atomic mass is 10.1. The van der Waals surface area contributed by atoms with E-state index in [2.05, 4.69) is 10.2 Å². The van der Waals surface area contributed by atoms with E-state index in [1.165, 1.54) is 12.1 Å². The fourth-order valence-electron chi connectivity index (χ4n) is 3.26. The maximum atomic E-state index is 12.8. The maximum absolute atomic E-state index is 12.8. The smallest absolute Gasteiger partial charge is 0.416 e. The van der Waals surface area contributed by atoms with Gasteiger partial charge in [-0.1, -0.05) is 18.2 Å². The van der Waals surface area contributed by atoms with Crippen LogP contribution in [-0.4, -0.2) is 30.4 Å². The van der Waals surface area contributed by atoms with Crippen molar-refractivity contribution < 1.29 is 22.4 Å². The van der Waals surface area contributed by atoms with Crippen molar-refractivity contribution in [1.82, 2.24) is 10.2 Å². The highest BCUT2D eigenvalue weighted by molar-refractivity contribution is 5.78. The van der Waals surface area contributed by atoms with Gasteiger partial charge < -0.3 is 9.73 Å². The van der Waals surface area contributed by atoms with Gasteiger partial charge in [-0.3, -0.25) is 9.69 Å². The molecule has 0 saturated carbocycles. The van der Waals surface area contributed by atoms with Crippen LogP contribution in [0.25, 0.3) is 0 Å². The first-order valence-corrected chi connectivity index (χ1v) is 8.64. The van der Waals surface area contributed by atoms with Gasteiger partial charge in [0, 0.05) is 6.54 Å². The quantitative estimate of drug-likeness (QED) is 0.846. The Bertz CT molecular complexity index is 723. The molecule has 1 aromatic heterocycles. The number of nitrogens with zero attached hydrogens (tertiary/aromatic N) is 1. The molecule has 0 radical (unpaired) electrons. The molecule has 3 rings (SSSR count). The summed E-state index contributed by atoms with van der Waals surface area (Å²) in [6.07, 6.45) is -0.685. The zero-order chi connectivity index (χ0) is 18.6. The van der Waals surface area contributed by atoms with Crippen molar-refractivity contribution in [2.24, 2.45) is 0 Å². The fraction of sp³-hybridized carbons (Fsp3) is 0.421. The van der Waals surface area contributed by atoms with E-state index >= 15 is 0 Å². The Morgan fingerprint density at radius 2 is 1.96 bits per heavy atom. The molecule has 1 unspecified atom stereocenters. The van der Waals surface area contributed by atoms with Gasteiger partial charge in [-0.05, 0) is 49.7 Å². The van der Waals surface area contributed by atoms with Crippen molar-refractivity contribution in [3.8, 4) is 0 Å². The number of benzene rings is 1. The summed E-state index contributed by atoms with van der Waals surface area (Å²) in [4.78, 5) is 14.5. The molecule has 1 aromatic carbocycles. The summed E-state index contributed by atoms with van der Waals surface area (Å²) < 4.78 is 43.8. The third-order valence-corrected chi connectivity index (χ3v) is 4.56. The SMILES string of the molecule is O=C(Cc1cccc(C(F)(F)F)c1)NCC(c1ccco1)N1CCCC1. The van der Waals surface area contributed by atoms with Gasteiger partial charge >= 0.3 is 6.18 Å². The summed E-state index contributed by atoms with van der Waals surface area (Å²) in [7, 11) is 0. The molecule has 4 nitrogen and oxygen atoms in total. The van der Waals surface area contributed by atoms with E-state index in [0.717, 1.165) is 43.8 Å². The van der Waals surface area contributed by atoms with Gasteiger partial charge in [0.15, 0.2) is 0 Å². The number of carbonyl (C=O) groups is 1. The topological polar surface area (TPSA) is 45.5 Å². The fourth-order valence-corrected chi connectivity index (χ4v) is 3.26. The molecule has 1 N–H and O–H groups in total. The number of carbonyl (C=O) groups excluding carboxylic acids is 1. The average molecular weight is 366 g/mol. The highest BCUT2D eigenvalue weighted by Crippen LogP contribution is 2.29. The summed E-state index contributed by atoms with van der Waals surface area (Å²) in [5.74, 6) is 0.478. The molecule has 1 amide bonds. The van der Waals surface area contributed by atoms with Crippen molar-refractivity contribution in [3.63, 3.8) is 0 Å². The molecule has 2 aromatic rings. The Morgan fingerprint density at radius 3 is 2.62 bits per heavy atom. The predicted octanol–water partition coefficient (Wildman–Crippen LogP) is 3.79. The number of halogens is 3. The molecule has 140 valence electrons. The van der Waals surface area contributed by atoms with Crippen molar-refractivity contribution >= 4 is 5.91 Å². The third kappa shape index (κ3) is 4.66. The standard InChI is InChI=1S/C19H21F3N2O2/c20-19(21,22)15-6-3-5-14(11-15)12-18(25)23-13-16(17-7-4-10-26-17)24-8-1-2-9-24/h3-7,10-11,16H,1-2,8-9,12-13H2,(H,23,25). The summed E-state index contributed by atoms with van der Waals surface area (Å²) in [6.45, 7) is 2.25. The second-order valence-electron chi connectivity index (χ2n) is 6.45. The van der Waals surface area contributed by atoms with Gasteiger partial charge in [0.2, 0.25) is 5.91 Å². The Labute approximate surface area is 150 Å². The molecular formula is C19H21F3N2O2. The molecule has 0 aliphatic carbocycles. The zero-order valence-corrected chi connectivity index (χ0v) is 14.3. The Kier molecular flexibility index (Phi) is 5.66. The van der Waals surface area contributed by atoms with Gasteiger partial charge in [-0.15, -0.1) is 0 Å².